The van der Waals surface area contributed by atoms with E-state index < -0.39 is 6.10 Å². The lowest BCUT2D eigenvalue weighted by Crippen LogP contribution is -2.39. The Kier molecular flexibility index (Phi) is 1.82. The normalized spacial score (nSPS) is 26.3. The first-order valence-corrected chi connectivity index (χ1v) is 4.08. The monoisotopic (exact) mass is 181 g/mol. The summed E-state index contributed by atoms with van der Waals surface area (Å²) in [5.41, 5.74) is 7.43. The molecule has 1 aromatic rings. The lowest BCUT2D eigenvalue weighted by Gasteiger charge is -2.26. The molecule has 5 heteroatoms. The first-order valence-electron chi connectivity index (χ1n) is 4.08. The number of aliphatic hydroxyl groups is 1. The molecule has 0 aliphatic carbocycles. The predicted octanol–water partition coefficient (Wildman–Crippen LogP) is -0.387. The maximum absolute atomic E-state index is 10.5. The summed E-state index contributed by atoms with van der Waals surface area (Å²) in [6.45, 7) is 0.479. The number of rotatable bonds is 1. The SMILES string of the molecule is NC1CNc2c(c[nH]c2C=O)C1O. The van der Waals surface area contributed by atoms with Gasteiger partial charge in [-0.1, -0.05) is 0 Å². The summed E-state index contributed by atoms with van der Waals surface area (Å²) in [6, 6.07) is -0.317. The van der Waals surface area contributed by atoms with E-state index in [1.54, 1.807) is 6.20 Å². The van der Waals surface area contributed by atoms with E-state index in [1.165, 1.54) is 0 Å². The fraction of sp³-hybridized carbons (Fsp3) is 0.375. The third-order valence-corrected chi connectivity index (χ3v) is 2.30. The van der Waals surface area contributed by atoms with Crippen molar-refractivity contribution in [1.29, 1.82) is 0 Å². The van der Waals surface area contributed by atoms with Gasteiger partial charge in [0.15, 0.2) is 6.29 Å². The molecule has 0 amide bonds. The Labute approximate surface area is 74.9 Å². The van der Waals surface area contributed by atoms with Crippen molar-refractivity contribution in [3.05, 3.63) is 17.5 Å². The van der Waals surface area contributed by atoms with Gasteiger partial charge in [0, 0.05) is 18.3 Å². The minimum absolute atomic E-state index is 0.317. The highest BCUT2D eigenvalue weighted by Crippen LogP contribution is 2.30. The van der Waals surface area contributed by atoms with Crippen LogP contribution >= 0.6 is 0 Å². The molecule has 2 heterocycles. The van der Waals surface area contributed by atoms with Gasteiger partial charge in [-0.15, -0.1) is 0 Å². The summed E-state index contributed by atoms with van der Waals surface area (Å²) < 4.78 is 0. The average molecular weight is 181 g/mol. The Morgan fingerprint density at radius 2 is 2.46 bits per heavy atom. The zero-order valence-electron chi connectivity index (χ0n) is 6.95. The number of aromatic nitrogens is 1. The van der Waals surface area contributed by atoms with Crippen LogP contribution in [-0.4, -0.2) is 29.0 Å². The molecule has 1 aliphatic rings. The molecule has 0 aromatic carbocycles. The van der Waals surface area contributed by atoms with Crippen molar-refractivity contribution in [2.45, 2.75) is 12.1 Å². The Balaban J connectivity index is 2.45. The molecule has 2 unspecified atom stereocenters. The van der Waals surface area contributed by atoms with Crippen LogP contribution in [0.25, 0.3) is 0 Å². The van der Waals surface area contributed by atoms with Gasteiger partial charge in [-0.25, -0.2) is 0 Å². The zero-order valence-corrected chi connectivity index (χ0v) is 6.95. The number of carbonyl (C=O) groups excluding carboxylic acids is 1. The number of anilines is 1. The topological polar surface area (TPSA) is 91.1 Å². The number of aldehydes is 1. The maximum atomic E-state index is 10.5. The van der Waals surface area contributed by atoms with E-state index in [1.807, 2.05) is 0 Å². The number of H-pyrrole nitrogens is 1. The molecule has 0 saturated heterocycles. The first-order chi connectivity index (χ1) is 6.24. The van der Waals surface area contributed by atoms with Gasteiger partial charge >= 0.3 is 0 Å². The van der Waals surface area contributed by atoms with Gasteiger partial charge < -0.3 is 21.1 Å². The number of hydrogen-bond donors (Lipinski definition) is 4. The number of aromatic amines is 1. The fourth-order valence-corrected chi connectivity index (χ4v) is 1.54. The summed E-state index contributed by atoms with van der Waals surface area (Å²) in [5, 5.41) is 12.6. The van der Waals surface area contributed by atoms with Gasteiger partial charge in [0.2, 0.25) is 0 Å². The Morgan fingerprint density at radius 1 is 1.69 bits per heavy atom. The highest BCUT2D eigenvalue weighted by molar-refractivity contribution is 5.84. The number of hydrogen-bond acceptors (Lipinski definition) is 4. The van der Waals surface area contributed by atoms with E-state index in [4.69, 9.17) is 5.73 Å². The Bertz CT molecular complexity index is 334. The van der Waals surface area contributed by atoms with E-state index in [0.717, 1.165) is 6.29 Å². The highest BCUT2D eigenvalue weighted by Gasteiger charge is 2.27. The van der Waals surface area contributed by atoms with E-state index in [-0.39, 0.29) is 6.04 Å². The standard InChI is InChI=1S/C8H11N3O2/c9-5-2-11-7-4(8(5)13)1-10-6(7)3-12/h1,3,5,8,10-11,13H,2,9H2. The minimum atomic E-state index is -0.693. The van der Waals surface area contributed by atoms with Crippen LogP contribution in [0.5, 0.6) is 0 Å². The quantitative estimate of drug-likeness (QED) is 0.444. The second-order valence-electron chi connectivity index (χ2n) is 3.14. The molecule has 0 saturated carbocycles. The van der Waals surface area contributed by atoms with Crippen molar-refractivity contribution in [3.63, 3.8) is 0 Å². The zero-order chi connectivity index (χ0) is 9.42. The second-order valence-corrected chi connectivity index (χ2v) is 3.14. The molecule has 13 heavy (non-hydrogen) atoms. The molecule has 0 fully saturated rings. The van der Waals surface area contributed by atoms with Crippen LogP contribution in [0.4, 0.5) is 5.69 Å². The number of nitrogens with one attached hydrogen (secondary N) is 2. The molecule has 2 rings (SSSR count). The smallest absolute Gasteiger partial charge is 0.168 e. The van der Waals surface area contributed by atoms with Gasteiger partial charge in [-0.05, 0) is 0 Å². The van der Waals surface area contributed by atoms with E-state index in [2.05, 4.69) is 10.3 Å². The van der Waals surface area contributed by atoms with Crippen molar-refractivity contribution in [2.75, 3.05) is 11.9 Å². The van der Waals surface area contributed by atoms with Gasteiger partial charge in [-0.2, -0.15) is 0 Å². The minimum Gasteiger partial charge on any atom is -0.387 e. The van der Waals surface area contributed by atoms with Crippen molar-refractivity contribution >= 4 is 12.0 Å². The van der Waals surface area contributed by atoms with Crippen molar-refractivity contribution in [3.8, 4) is 0 Å². The summed E-state index contributed by atoms with van der Waals surface area (Å²) >= 11 is 0. The van der Waals surface area contributed by atoms with Gasteiger partial charge in [-0.3, -0.25) is 4.79 Å². The van der Waals surface area contributed by atoms with Gasteiger partial charge in [0.25, 0.3) is 0 Å². The Morgan fingerprint density at radius 3 is 3.15 bits per heavy atom. The third kappa shape index (κ3) is 1.13. The summed E-state index contributed by atoms with van der Waals surface area (Å²) in [5.74, 6) is 0. The summed E-state index contributed by atoms with van der Waals surface area (Å²) in [4.78, 5) is 13.3. The number of aliphatic hydroxyl groups excluding tert-OH is 1. The van der Waals surface area contributed by atoms with Crippen LogP contribution in [0.1, 0.15) is 22.2 Å². The van der Waals surface area contributed by atoms with Crippen LogP contribution in [0, 0.1) is 0 Å². The van der Waals surface area contributed by atoms with Crippen LogP contribution in [0.3, 0.4) is 0 Å². The molecule has 2 atom stereocenters. The number of carbonyl (C=O) groups is 1. The van der Waals surface area contributed by atoms with Crippen molar-refractivity contribution in [2.24, 2.45) is 5.73 Å². The number of fused-ring (bicyclic) bond motifs is 1. The van der Waals surface area contributed by atoms with E-state index >= 15 is 0 Å². The fourth-order valence-electron chi connectivity index (χ4n) is 1.54. The molecule has 0 bridgehead atoms. The van der Waals surface area contributed by atoms with Crippen molar-refractivity contribution in [1.82, 2.24) is 4.98 Å². The highest BCUT2D eigenvalue weighted by atomic mass is 16.3. The van der Waals surface area contributed by atoms with E-state index in [0.29, 0.717) is 23.5 Å². The van der Waals surface area contributed by atoms with Crippen LogP contribution in [-0.2, 0) is 0 Å². The Hall–Kier alpha value is -1.33. The third-order valence-electron chi connectivity index (χ3n) is 2.30. The molecule has 70 valence electrons. The lowest BCUT2D eigenvalue weighted by molar-refractivity contribution is 0.112. The summed E-state index contributed by atoms with van der Waals surface area (Å²) in [6.07, 6.45) is 1.63. The number of nitrogens with two attached hydrogens (primary N) is 1. The van der Waals surface area contributed by atoms with Crippen LogP contribution in [0.2, 0.25) is 0 Å². The molecular weight excluding hydrogens is 170 g/mol. The molecule has 1 aromatic heterocycles. The average Bonchev–Trinajstić information content (AvgIpc) is 2.55. The van der Waals surface area contributed by atoms with Gasteiger partial charge in [0.05, 0.1) is 17.8 Å². The van der Waals surface area contributed by atoms with Crippen molar-refractivity contribution < 1.29 is 9.90 Å². The second kappa shape index (κ2) is 2.86. The maximum Gasteiger partial charge on any atom is 0.168 e. The predicted molar refractivity (Wildman–Crippen MR) is 47.6 cm³/mol. The molecule has 5 nitrogen and oxygen atoms in total. The molecule has 0 spiro atoms. The first kappa shape index (κ1) is 8.28. The molecule has 1 aliphatic heterocycles. The van der Waals surface area contributed by atoms with Crippen LogP contribution < -0.4 is 11.1 Å². The van der Waals surface area contributed by atoms with E-state index in [9.17, 15) is 9.90 Å². The van der Waals surface area contributed by atoms with Crippen LogP contribution in [0.15, 0.2) is 6.20 Å². The summed E-state index contributed by atoms with van der Waals surface area (Å²) in [7, 11) is 0. The lowest BCUT2D eigenvalue weighted by atomic mass is 10.00. The molecule has 0 radical (unpaired) electrons. The molecular formula is C8H11N3O2. The largest absolute Gasteiger partial charge is 0.387 e. The van der Waals surface area contributed by atoms with Gasteiger partial charge in [0.1, 0.15) is 5.69 Å². The molecule has 5 N–H and O–H groups in total.